The third-order valence-corrected chi connectivity index (χ3v) is 4.34. The van der Waals surface area contributed by atoms with Crippen LogP contribution in [0.3, 0.4) is 0 Å². The Labute approximate surface area is 127 Å². The van der Waals surface area contributed by atoms with E-state index in [1.54, 1.807) is 6.92 Å². The van der Waals surface area contributed by atoms with Crippen LogP contribution in [0.4, 0.5) is 8.78 Å². The number of carbonyl (C=O) groups is 2. The molecule has 0 heterocycles. The standard InChI is InChI=1S/C16H19F2NO3/c1-2-13(11-5-4-10(17)8-12(11)18)19-14(20)9-16(15(21)22)6-3-7-16/h4-5,8,13H,2-3,6-7,9H2,1H3,(H,19,20)(H,21,22). The van der Waals surface area contributed by atoms with E-state index in [0.717, 1.165) is 18.6 Å². The first kappa shape index (κ1) is 16.4. The van der Waals surface area contributed by atoms with E-state index < -0.39 is 35.0 Å². The average molecular weight is 311 g/mol. The number of halogens is 2. The largest absolute Gasteiger partial charge is 0.481 e. The van der Waals surface area contributed by atoms with Gasteiger partial charge in [-0.25, -0.2) is 8.78 Å². The highest BCUT2D eigenvalue weighted by atomic mass is 19.1. The fourth-order valence-corrected chi connectivity index (χ4v) is 2.81. The smallest absolute Gasteiger partial charge is 0.310 e. The van der Waals surface area contributed by atoms with E-state index in [4.69, 9.17) is 0 Å². The predicted octanol–water partition coefficient (Wildman–Crippen LogP) is 3.18. The Morgan fingerprint density at radius 1 is 1.36 bits per heavy atom. The summed E-state index contributed by atoms with van der Waals surface area (Å²) in [5.41, 5.74) is -0.779. The molecule has 0 aromatic heterocycles. The van der Waals surface area contributed by atoms with Crippen molar-refractivity contribution in [3.05, 3.63) is 35.4 Å². The maximum absolute atomic E-state index is 13.8. The first-order valence-corrected chi connectivity index (χ1v) is 7.35. The van der Waals surface area contributed by atoms with Crippen LogP contribution in [0.1, 0.15) is 50.6 Å². The van der Waals surface area contributed by atoms with Crippen molar-refractivity contribution < 1.29 is 23.5 Å². The van der Waals surface area contributed by atoms with Gasteiger partial charge in [0.1, 0.15) is 11.6 Å². The lowest BCUT2D eigenvalue weighted by Gasteiger charge is -2.37. The second-order valence-corrected chi connectivity index (χ2v) is 5.81. The molecule has 22 heavy (non-hydrogen) atoms. The van der Waals surface area contributed by atoms with Crippen molar-refractivity contribution in [2.75, 3.05) is 0 Å². The van der Waals surface area contributed by atoms with E-state index in [2.05, 4.69) is 5.32 Å². The Balaban J connectivity index is 2.06. The Kier molecular flexibility index (Phi) is 4.78. The van der Waals surface area contributed by atoms with Gasteiger partial charge in [-0.2, -0.15) is 0 Å². The molecule has 1 aromatic carbocycles. The summed E-state index contributed by atoms with van der Waals surface area (Å²) in [4.78, 5) is 23.4. The molecule has 4 nitrogen and oxygen atoms in total. The zero-order valence-corrected chi connectivity index (χ0v) is 12.4. The minimum atomic E-state index is -0.982. The van der Waals surface area contributed by atoms with Crippen molar-refractivity contribution in [3.63, 3.8) is 0 Å². The third kappa shape index (κ3) is 3.26. The highest BCUT2D eigenvalue weighted by Gasteiger charge is 2.46. The Hall–Kier alpha value is -1.98. The monoisotopic (exact) mass is 311 g/mol. The minimum absolute atomic E-state index is 0.109. The number of hydrogen-bond acceptors (Lipinski definition) is 2. The lowest BCUT2D eigenvalue weighted by atomic mass is 9.66. The van der Waals surface area contributed by atoms with Gasteiger partial charge in [0.15, 0.2) is 0 Å². The number of carboxylic acids is 1. The van der Waals surface area contributed by atoms with Gasteiger partial charge in [0.25, 0.3) is 0 Å². The van der Waals surface area contributed by atoms with E-state index in [1.807, 2.05) is 0 Å². The summed E-state index contributed by atoms with van der Waals surface area (Å²) in [5, 5.41) is 11.9. The van der Waals surface area contributed by atoms with Crippen LogP contribution in [-0.4, -0.2) is 17.0 Å². The molecule has 1 unspecified atom stereocenters. The molecule has 1 aliphatic carbocycles. The van der Waals surface area contributed by atoms with Crippen molar-refractivity contribution in [1.29, 1.82) is 0 Å². The summed E-state index contributed by atoms with van der Waals surface area (Å²) >= 11 is 0. The molecule has 0 bridgehead atoms. The maximum Gasteiger partial charge on any atom is 0.310 e. The zero-order valence-electron chi connectivity index (χ0n) is 12.4. The van der Waals surface area contributed by atoms with Gasteiger partial charge in [-0.05, 0) is 25.3 Å². The van der Waals surface area contributed by atoms with Gasteiger partial charge in [0, 0.05) is 18.1 Å². The first-order valence-electron chi connectivity index (χ1n) is 7.35. The van der Waals surface area contributed by atoms with Crippen LogP contribution in [0, 0.1) is 17.0 Å². The summed E-state index contributed by atoms with van der Waals surface area (Å²) in [7, 11) is 0. The SMILES string of the molecule is CCC(NC(=O)CC1(C(=O)O)CCC1)c1ccc(F)cc1F. The van der Waals surface area contributed by atoms with Crippen LogP contribution in [0.5, 0.6) is 0 Å². The number of aliphatic carboxylic acids is 1. The second-order valence-electron chi connectivity index (χ2n) is 5.81. The van der Waals surface area contributed by atoms with Crippen LogP contribution in [0.25, 0.3) is 0 Å². The van der Waals surface area contributed by atoms with E-state index in [9.17, 15) is 23.5 Å². The summed E-state index contributed by atoms with van der Waals surface area (Å²) in [6, 6.07) is 2.61. The Morgan fingerprint density at radius 3 is 2.50 bits per heavy atom. The summed E-state index contributed by atoms with van der Waals surface area (Å²) in [5.74, 6) is -2.78. The molecule has 2 N–H and O–H groups in total. The fraction of sp³-hybridized carbons (Fsp3) is 0.500. The highest BCUT2D eigenvalue weighted by molar-refractivity contribution is 5.85. The topological polar surface area (TPSA) is 66.4 Å². The van der Waals surface area contributed by atoms with E-state index in [-0.39, 0.29) is 12.0 Å². The van der Waals surface area contributed by atoms with Crippen LogP contribution in [-0.2, 0) is 9.59 Å². The number of carboxylic acid groups (broad SMARTS) is 1. The van der Waals surface area contributed by atoms with Crippen LogP contribution < -0.4 is 5.32 Å². The molecule has 0 radical (unpaired) electrons. The zero-order chi connectivity index (χ0) is 16.3. The van der Waals surface area contributed by atoms with Crippen molar-refractivity contribution >= 4 is 11.9 Å². The molecule has 1 saturated carbocycles. The molecule has 1 amide bonds. The van der Waals surface area contributed by atoms with E-state index in [0.29, 0.717) is 19.3 Å². The minimum Gasteiger partial charge on any atom is -0.481 e. The average Bonchev–Trinajstić information content (AvgIpc) is 2.40. The summed E-state index contributed by atoms with van der Waals surface area (Å²) in [6.07, 6.45) is 2.08. The van der Waals surface area contributed by atoms with Gasteiger partial charge >= 0.3 is 5.97 Å². The molecular formula is C16H19F2NO3. The predicted molar refractivity (Wildman–Crippen MR) is 76.1 cm³/mol. The quantitative estimate of drug-likeness (QED) is 0.848. The van der Waals surface area contributed by atoms with Crippen molar-refractivity contribution in [2.45, 2.75) is 45.1 Å². The molecule has 1 aliphatic rings. The third-order valence-electron chi connectivity index (χ3n) is 4.34. The summed E-state index contributed by atoms with van der Waals surface area (Å²) < 4.78 is 26.7. The lowest BCUT2D eigenvalue weighted by molar-refractivity contribution is -0.157. The Bertz CT molecular complexity index is 585. The number of hydrogen-bond donors (Lipinski definition) is 2. The molecule has 0 saturated heterocycles. The molecule has 1 aromatic rings. The number of amides is 1. The normalized spacial score (nSPS) is 17.4. The van der Waals surface area contributed by atoms with Gasteiger partial charge in [0.2, 0.25) is 5.91 Å². The first-order chi connectivity index (χ1) is 10.4. The second kappa shape index (κ2) is 6.42. The van der Waals surface area contributed by atoms with Crippen molar-refractivity contribution in [1.82, 2.24) is 5.32 Å². The molecule has 0 spiro atoms. The number of benzene rings is 1. The molecule has 1 fully saturated rings. The van der Waals surface area contributed by atoms with E-state index >= 15 is 0 Å². The summed E-state index contributed by atoms with van der Waals surface area (Å²) in [6.45, 7) is 1.77. The lowest BCUT2D eigenvalue weighted by Crippen LogP contribution is -2.43. The van der Waals surface area contributed by atoms with E-state index in [1.165, 1.54) is 6.07 Å². The number of nitrogens with one attached hydrogen (secondary N) is 1. The van der Waals surface area contributed by atoms with Gasteiger partial charge < -0.3 is 10.4 Å². The molecule has 6 heteroatoms. The fourth-order valence-electron chi connectivity index (χ4n) is 2.81. The van der Waals surface area contributed by atoms with Gasteiger partial charge in [-0.1, -0.05) is 19.4 Å². The maximum atomic E-state index is 13.8. The molecule has 120 valence electrons. The van der Waals surface area contributed by atoms with Crippen LogP contribution in [0.15, 0.2) is 18.2 Å². The van der Waals surface area contributed by atoms with Gasteiger partial charge in [0.05, 0.1) is 11.5 Å². The number of rotatable bonds is 6. The van der Waals surface area contributed by atoms with Crippen molar-refractivity contribution in [3.8, 4) is 0 Å². The van der Waals surface area contributed by atoms with Crippen LogP contribution >= 0.6 is 0 Å². The number of carbonyl (C=O) groups excluding carboxylic acids is 1. The molecule has 1 atom stereocenters. The Morgan fingerprint density at radius 2 is 2.05 bits per heavy atom. The van der Waals surface area contributed by atoms with Crippen molar-refractivity contribution in [2.24, 2.45) is 5.41 Å². The molecule has 2 rings (SSSR count). The van der Waals surface area contributed by atoms with Gasteiger partial charge in [-0.15, -0.1) is 0 Å². The van der Waals surface area contributed by atoms with Gasteiger partial charge in [-0.3, -0.25) is 9.59 Å². The molecule has 0 aliphatic heterocycles. The molecular weight excluding hydrogens is 292 g/mol. The van der Waals surface area contributed by atoms with Crippen LogP contribution in [0.2, 0.25) is 0 Å². The highest BCUT2D eigenvalue weighted by Crippen LogP contribution is 2.44.